The monoisotopic (exact) mass is 385 g/mol. The molecule has 2 atom stereocenters. The van der Waals surface area contributed by atoms with Crippen molar-refractivity contribution < 1.29 is 23.1 Å². The minimum Gasteiger partial charge on any atom is -0.395 e. The summed E-state index contributed by atoms with van der Waals surface area (Å²) in [6.45, 7) is 1.47. The molecule has 1 aromatic rings. The van der Waals surface area contributed by atoms with Crippen LogP contribution in [-0.4, -0.2) is 35.2 Å². The molecule has 0 aliphatic rings. The van der Waals surface area contributed by atoms with Gasteiger partial charge < -0.3 is 10.4 Å². The van der Waals surface area contributed by atoms with Gasteiger partial charge in [0.25, 0.3) is 5.91 Å². The second-order valence-electron chi connectivity index (χ2n) is 4.41. The van der Waals surface area contributed by atoms with E-state index in [-0.39, 0.29) is 16.3 Å². The Hall–Kier alpha value is -0.730. The maximum atomic E-state index is 13.0. The maximum absolute atomic E-state index is 13.0. The molecule has 0 fully saturated rings. The largest absolute Gasteiger partial charge is 0.417 e. The molecule has 0 radical (unpaired) electrons. The van der Waals surface area contributed by atoms with Gasteiger partial charge in [0, 0.05) is 15.8 Å². The summed E-state index contributed by atoms with van der Waals surface area (Å²) in [5.41, 5.74) is -1.43. The molecule has 0 aliphatic carbocycles. The van der Waals surface area contributed by atoms with E-state index in [1.54, 1.807) is 13.2 Å². The highest BCUT2D eigenvalue weighted by Crippen LogP contribution is 2.34. The van der Waals surface area contributed by atoms with E-state index < -0.39 is 29.3 Å². The number of aliphatic hydroxyl groups is 1. The van der Waals surface area contributed by atoms with Crippen LogP contribution in [0.2, 0.25) is 0 Å². The molecule has 1 rings (SSSR count). The lowest BCUT2D eigenvalue weighted by atomic mass is 10.1. The zero-order chi connectivity index (χ0) is 16.2. The van der Waals surface area contributed by atoms with Crippen LogP contribution in [0.1, 0.15) is 22.8 Å². The first-order chi connectivity index (χ1) is 9.70. The summed E-state index contributed by atoms with van der Waals surface area (Å²) in [5.74, 6) is -0.810. The third-order valence-corrected chi connectivity index (χ3v) is 4.59. The van der Waals surface area contributed by atoms with Crippen LogP contribution in [0.15, 0.2) is 22.7 Å². The Morgan fingerprint density at radius 1 is 1.48 bits per heavy atom. The second-order valence-corrected chi connectivity index (χ2v) is 6.40. The second kappa shape index (κ2) is 7.51. The molecule has 118 valence electrons. The first kappa shape index (κ1) is 18.3. The lowest BCUT2D eigenvalue weighted by molar-refractivity contribution is -0.138. The summed E-state index contributed by atoms with van der Waals surface area (Å²) in [6.07, 6.45) is -2.86. The number of thioether (sulfide) groups is 1. The fraction of sp³-hybridized carbons (Fsp3) is 0.462. The highest BCUT2D eigenvalue weighted by atomic mass is 79.9. The first-order valence-corrected chi connectivity index (χ1v) is 8.10. The third kappa shape index (κ3) is 4.89. The van der Waals surface area contributed by atoms with Gasteiger partial charge in [0.15, 0.2) is 0 Å². The molecule has 0 heterocycles. The predicted octanol–water partition coefficient (Wildman–Crippen LogP) is 3.31. The van der Waals surface area contributed by atoms with Gasteiger partial charge in [-0.15, -0.1) is 0 Å². The normalized spacial score (nSPS) is 14.6. The van der Waals surface area contributed by atoms with Crippen LogP contribution in [0.4, 0.5) is 13.2 Å². The Kier molecular flexibility index (Phi) is 6.55. The van der Waals surface area contributed by atoms with Crippen LogP contribution in [0, 0.1) is 0 Å². The molecule has 2 N–H and O–H groups in total. The van der Waals surface area contributed by atoms with Crippen molar-refractivity contribution in [1.29, 1.82) is 0 Å². The lowest BCUT2D eigenvalue weighted by Crippen LogP contribution is -2.41. The summed E-state index contributed by atoms with van der Waals surface area (Å²) in [4.78, 5) is 12.1. The number of alkyl halides is 3. The molecule has 0 spiro atoms. The van der Waals surface area contributed by atoms with Crippen molar-refractivity contribution in [2.75, 3.05) is 12.9 Å². The summed E-state index contributed by atoms with van der Waals surface area (Å²) in [5, 5.41) is 11.4. The average molecular weight is 386 g/mol. The number of carbonyl (C=O) groups is 1. The minimum absolute atomic E-state index is 0.172. The van der Waals surface area contributed by atoms with Crippen LogP contribution in [0.3, 0.4) is 0 Å². The SMILES string of the molecule is CSC(CO)C(C)NC(=O)c1ccc(Br)cc1C(F)(F)F. The van der Waals surface area contributed by atoms with Crippen molar-refractivity contribution in [3.05, 3.63) is 33.8 Å². The third-order valence-electron chi connectivity index (χ3n) is 2.93. The molecule has 8 heteroatoms. The summed E-state index contributed by atoms with van der Waals surface area (Å²) < 4.78 is 39.2. The number of carbonyl (C=O) groups excluding carboxylic acids is 1. The van der Waals surface area contributed by atoms with Crippen LogP contribution >= 0.6 is 27.7 Å². The van der Waals surface area contributed by atoms with Crippen molar-refractivity contribution >= 4 is 33.6 Å². The molecular formula is C13H15BrF3NO2S. The summed E-state index contributed by atoms with van der Waals surface area (Å²) >= 11 is 4.30. The first-order valence-electron chi connectivity index (χ1n) is 6.02. The van der Waals surface area contributed by atoms with E-state index in [0.717, 1.165) is 12.1 Å². The van der Waals surface area contributed by atoms with Crippen molar-refractivity contribution in [2.24, 2.45) is 0 Å². The molecule has 0 aromatic heterocycles. The van der Waals surface area contributed by atoms with E-state index in [0.29, 0.717) is 0 Å². The standard InChI is InChI=1S/C13H15BrF3NO2S/c1-7(11(6-19)21-2)18-12(20)9-4-3-8(14)5-10(9)13(15,16)17/h3-5,7,11,19H,6H2,1-2H3,(H,18,20). The zero-order valence-electron chi connectivity index (χ0n) is 11.4. The lowest BCUT2D eigenvalue weighted by Gasteiger charge is -2.22. The Labute approximate surface area is 133 Å². The van der Waals surface area contributed by atoms with Gasteiger partial charge >= 0.3 is 6.18 Å². The molecule has 21 heavy (non-hydrogen) atoms. The Bertz CT molecular complexity index is 507. The Morgan fingerprint density at radius 2 is 2.10 bits per heavy atom. The molecule has 0 saturated heterocycles. The number of halogens is 4. The van der Waals surface area contributed by atoms with Crippen molar-refractivity contribution in [2.45, 2.75) is 24.4 Å². The van der Waals surface area contributed by atoms with Crippen molar-refractivity contribution in [3.63, 3.8) is 0 Å². The van der Waals surface area contributed by atoms with Gasteiger partial charge in [-0.05, 0) is 31.4 Å². The number of nitrogens with one attached hydrogen (secondary N) is 1. The quantitative estimate of drug-likeness (QED) is 0.817. The number of benzene rings is 1. The van der Waals surface area contributed by atoms with Crippen LogP contribution in [0.5, 0.6) is 0 Å². The summed E-state index contributed by atoms with van der Waals surface area (Å²) in [7, 11) is 0. The van der Waals surface area contributed by atoms with Gasteiger partial charge in [-0.2, -0.15) is 24.9 Å². The molecule has 0 aliphatic heterocycles. The van der Waals surface area contributed by atoms with E-state index in [9.17, 15) is 18.0 Å². The predicted molar refractivity (Wildman–Crippen MR) is 80.5 cm³/mol. The molecule has 3 nitrogen and oxygen atoms in total. The van der Waals surface area contributed by atoms with Gasteiger partial charge in [-0.25, -0.2) is 0 Å². The fourth-order valence-electron chi connectivity index (χ4n) is 1.76. The molecule has 0 bridgehead atoms. The van der Waals surface area contributed by atoms with Gasteiger partial charge in [0.2, 0.25) is 0 Å². The number of hydrogen-bond acceptors (Lipinski definition) is 3. The molecule has 1 aromatic carbocycles. The number of amides is 1. The van der Waals surface area contributed by atoms with Crippen LogP contribution in [0.25, 0.3) is 0 Å². The molecule has 2 unspecified atom stereocenters. The van der Waals surface area contributed by atoms with Gasteiger partial charge in [0.05, 0.1) is 17.7 Å². The Balaban J connectivity index is 3.03. The molecule has 1 amide bonds. The van der Waals surface area contributed by atoms with Gasteiger partial charge in [0.1, 0.15) is 0 Å². The number of rotatable bonds is 5. The van der Waals surface area contributed by atoms with E-state index in [1.165, 1.54) is 17.8 Å². The van der Waals surface area contributed by atoms with E-state index in [1.807, 2.05) is 0 Å². The topological polar surface area (TPSA) is 49.3 Å². The molecule has 0 saturated carbocycles. The average Bonchev–Trinajstić information content (AvgIpc) is 2.38. The van der Waals surface area contributed by atoms with E-state index >= 15 is 0 Å². The summed E-state index contributed by atoms with van der Waals surface area (Å²) in [6, 6.07) is 2.93. The van der Waals surface area contributed by atoms with Crippen molar-refractivity contribution in [3.8, 4) is 0 Å². The smallest absolute Gasteiger partial charge is 0.395 e. The minimum atomic E-state index is -4.62. The highest BCUT2D eigenvalue weighted by Gasteiger charge is 2.35. The number of aliphatic hydroxyl groups excluding tert-OH is 1. The zero-order valence-corrected chi connectivity index (χ0v) is 13.8. The van der Waals surface area contributed by atoms with E-state index in [2.05, 4.69) is 21.2 Å². The highest BCUT2D eigenvalue weighted by molar-refractivity contribution is 9.10. The van der Waals surface area contributed by atoms with Crippen molar-refractivity contribution in [1.82, 2.24) is 5.32 Å². The van der Waals surface area contributed by atoms with Gasteiger partial charge in [-0.1, -0.05) is 15.9 Å². The Morgan fingerprint density at radius 3 is 2.57 bits per heavy atom. The fourth-order valence-corrected chi connectivity index (χ4v) is 2.75. The maximum Gasteiger partial charge on any atom is 0.417 e. The van der Waals surface area contributed by atoms with Crippen LogP contribution in [-0.2, 0) is 6.18 Å². The van der Waals surface area contributed by atoms with Gasteiger partial charge in [-0.3, -0.25) is 4.79 Å². The number of hydrogen-bond donors (Lipinski definition) is 2. The van der Waals surface area contributed by atoms with E-state index in [4.69, 9.17) is 5.11 Å². The molecular weight excluding hydrogens is 371 g/mol. The van der Waals surface area contributed by atoms with Crippen LogP contribution < -0.4 is 5.32 Å².